The Bertz CT molecular complexity index is 1030. The SMILES string of the molecule is O=C(CN1C(=O)C2(COc3cc4c(cc32)OCO4)c2ccccc21)NC1CC1. The van der Waals surface area contributed by atoms with Crippen molar-refractivity contribution >= 4 is 17.5 Å². The normalized spacial score (nSPS) is 23.6. The standard InChI is InChI=1S/C21H18N2O5/c24-19(22-12-5-6-12)9-23-15-4-2-1-3-13(15)21(20(23)25)10-26-16-8-18-17(7-14(16)21)27-11-28-18/h1-4,7-8,12H,5-6,9-11H2,(H,22,24). The smallest absolute Gasteiger partial charge is 0.246 e. The molecule has 0 bridgehead atoms. The lowest BCUT2D eigenvalue weighted by Crippen LogP contribution is -2.46. The zero-order chi connectivity index (χ0) is 18.9. The zero-order valence-corrected chi connectivity index (χ0v) is 15.1. The second-order valence-corrected chi connectivity index (χ2v) is 7.65. The Kier molecular flexibility index (Phi) is 3.05. The van der Waals surface area contributed by atoms with E-state index in [2.05, 4.69) is 5.32 Å². The van der Waals surface area contributed by atoms with Gasteiger partial charge in [-0.2, -0.15) is 0 Å². The molecule has 2 amide bonds. The fourth-order valence-electron chi connectivity index (χ4n) is 4.37. The Labute approximate surface area is 161 Å². The summed E-state index contributed by atoms with van der Waals surface area (Å²) in [7, 11) is 0. The largest absolute Gasteiger partial charge is 0.491 e. The van der Waals surface area contributed by atoms with Gasteiger partial charge in [0.05, 0.1) is 0 Å². The van der Waals surface area contributed by atoms with Crippen LogP contribution in [0.5, 0.6) is 17.2 Å². The third-order valence-electron chi connectivity index (χ3n) is 5.89. The van der Waals surface area contributed by atoms with Gasteiger partial charge in [0.25, 0.3) is 0 Å². The lowest BCUT2D eigenvalue weighted by atomic mass is 9.77. The number of nitrogens with one attached hydrogen (secondary N) is 1. The Morgan fingerprint density at radius 1 is 1.07 bits per heavy atom. The number of ether oxygens (including phenoxy) is 3. The molecule has 2 aromatic carbocycles. The van der Waals surface area contributed by atoms with Gasteiger partial charge in [-0.3, -0.25) is 9.59 Å². The zero-order valence-electron chi connectivity index (χ0n) is 15.1. The van der Waals surface area contributed by atoms with Gasteiger partial charge in [-0.1, -0.05) is 18.2 Å². The van der Waals surface area contributed by atoms with Crippen LogP contribution in [0.15, 0.2) is 36.4 Å². The molecule has 3 heterocycles. The molecule has 1 saturated carbocycles. The fraction of sp³-hybridized carbons (Fsp3) is 0.333. The van der Waals surface area contributed by atoms with Crippen LogP contribution in [0.1, 0.15) is 24.0 Å². The monoisotopic (exact) mass is 378 g/mol. The molecular weight excluding hydrogens is 360 g/mol. The number of benzene rings is 2. The van der Waals surface area contributed by atoms with E-state index < -0.39 is 5.41 Å². The summed E-state index contributed by atoms with van der Waals surface area (Å²) in [4.78, 5) is 27.7. The maximum absolute atomic E-state index is 13.7. The minimum Gasteiger partial charge on any atom is -0.491 e. The maximum Gasteiger partial charge on any atom is 0.246 e. The van der Waals surface area contributed by atoms with Crippen LogP contribution in [0.4, 0.5) is 5.69 Å². The third kappa shape index (κ3) is 2.04. The van der Waals surface area contributed by atoms with Gasteiger partial charge in [0.1, 0.15) is 24.3 Å². The highest BCUT2D eigenvalue weighted by Gasteiger charge is 2.57. The van der Waals surface area contributed by atoms with Crippen molar-refractivity contribution in [3.63, 3.8) is 0 Å². The first-order valence-corrected chi connectivity index (χ1v) is 9.44. The molecule has 1 unspecified atom stereocenters. The van der Waals surface area contributed by atoms with Crippen LogP contribution >= 0.6 is 0 Å². The first-order chi connectivity index (χ1) is 13.7. The molecule has 1 aliphatic carbocycles. The van der Waals surface area contributed by atoms with E-state index in [1.54, 1.807) is 11.0 Å². The van der Waals surface area contributed by atoms with Crippen molar-refractivity contribution < 1.29 is 23.8 Å². The molecule has 7 heteroatoms. The Hall–Kier alpha value is -3.22. The van der Waals surface area contributed by atoms with Crippen molar-refractivity contribution in [3.8, 4) is 17.2 Å². The summed E-state index contributed by atoms with van der Waals surface area (Å²) in [6, 6.07) is 11.5. The number of fused-ring (bicyclic) bond motifs is 5. The van der Waals surface area contributed by atoms with Gasteiger partial charge in [-0.15, -0.1) is 0 Å². The van der Waals surface area contributed by atoms with Crippen LogP contribution in [0.25, 0.3) is 0 Å². The number of nitrogens with zero attached hydrogens (tertiary/aromatic N) is 1. The Morgan fingerprint density at radius 2 is 1.86 bits per heavy atom. The number of carbonyl (C=O) groups is 2. The van der Waals surface area contributed by atoms with Crippen molar-refractivity contribution in [2.24, 2.45) is 0 Å². The molecule has 0 aromatic heterocycles. The minimum absolute atomic E-state index is 0.00792. The van der Waals surface area contributed by atoms with Crippen LogP contribution in [0.3, 0.4) is 0 Å². The van der Waals surface area contributed by atoms with Crippen LogP contribution in [0, 0.1) is 0 Å². The summed E-state index contributed by atoms with van der Waals surface area (Å²) < 4.78 is 16.9. The van der Waals surface area contributed by atoms with E-state index in [0.717, 1.165) is 29.7 Å². The van der Waals surface area contributed by atoms with Crippen LogP contribution in [-0.2, 0) is 15.0 Å². The second kappa shape index (κ2) is 5.41. The van der Waals surface area contributed by atoms with Gasteiger partial charge >= 0.3 is 0 Å². The van der Waals surface area contributed by atoms with Gasteiger partial charge in [0, 0.05) is 23.4 Å². The average Bonchev–Trinajstić information content (AvgIpc) is 3.18. The lowest BCUT2D eigenvalue weighted by molar-refractivity contribution is -0.125. The number of hydrogen-bond donors (Lipinski definition) is 1. The Balaban J connectivity index is 1.45. The van der Waals surface area contributed by atoms with E-state index >= 15 is 0 Å². The highest BCUT2D eigenvalue weighted by Crippen LogP contribution is 2.54. The summed E-state index contributed by atoms with van der Waals surface area (Å²) in [6.07, 6.45) is 2.02. The summed E-state index contributed by atoms with van der Waals surface area (Å²) in [5, 5.41) is 2.96. The Morgan fingerprint density at radius 3 is 2.68 bits per heavy atom. The average molecular weight is 378 g/mol. The molecule has 7 nitrogen and oxygen atoms in total. The van der Waals surface area contributed by atoms with Crippen molar-refractivity contribution in [2.45, 2.75) is 24.3 Å². The summed E-state index contributed by atoms with van der Waals surface area (Å²) in [5.74, 6) is 1.58. The van der Waals surface area contributed by atoms with Crippen LogP contribution < -0.4 is 24.4 Å². The van der Waals surface area contributed by atoms with Gasteiger partial charge in [-0.25, -0.2) is 0 Å². The van der Waals surface area contributed by atoms with Gasteiger partial charge in [0.15, 0.2) is 11.5 Å². The molecule has 1 atom stereocenters. The molecular formula is C21H18N2O5. The van der Waals surface area contributed by atoms with Crippen LogP contribution in [-0.4, -0.2) is 37.8 Å². The highest BCUT2D eigenvalue weighted by atomic mass is 16.7. The summed E-state index contributed by atoms with van der Waals surface area (Å²) in [5.41, 5.74) is 1.41. The van der Waals surface area contributed by atoms with Crippen molar-refractivity contribution in [3.05, 3.63) is 47.5 Å². The molecule has 0 radical (unpaired) electrons. The predicted octanol–water partition coefficient (Wildman–Crippen LogP) is 1.72. The molecule has 1 fully saturated rings. The van der Waals surface area contributed by atoms with Gasteiger partial charge < -0.3 is 24.4 Å². The number of carbonyl (C=O) groups excluding carboxylic acids is 2. The number of hydrogen-bond acceptors (Lipinski definition) is 5. The molecule has 3 aliphatic heterocycles. The third-order valence-corrected chi connectivity index (χ3v) is 5.89. The molecule has 0 saturated heterocycles. The summed E-state index contributed by atoms with van der Waals surface area (Å²) >= 11 is 0. The molecule has 6 rings (SSSR count). The van der Waals surface area contributed by atoms with E-state index in [0.29, 0.717) is 17.2 Å². The van der Waals surface area contributed by atoms with Crippen LogP contribution in [0.2, 0.25) is 0 Å². The molecule has 28 heavy (non-hydrogen) atoms. The minimum atomic E-state index is -0.966. The van der Waals surface area contributed by atoms with E-state index in [1.807, 2.05) is 30.3 Å². The topological polar surface area (TPSA) is 77.1 Å². The number of rotatable bonds is 3. The first-order valence-electron chi connectivity index (χ1n) is 9.44. The lowest BCUT2D eigenvalue weighted by Gasteiger charge is -2.23. The van der Waals surface area contributed by atoms with E-state index in [4.69, 9.17) is 14.2 Å². The number of anilines is 1. The second-order valence-electron chi connectivity index (χ2n) is 7.65. The highest BCUT2D eigenvalue weighted by molar-refractivity contribution is 6.13. The van der Waals surface area contributed by atoms with E-state index in [1.165, 1.54) is 0 Å². The predicted molar refractivity (Wildman–Crippen MR) is 98.8 cm³/mol. The molecule has 1 spiro atoms. The molecule has 2 aromatic rings. The van der Waals surface area contributed by atoms with Gasteiger partial charge in [0.2, 0.25) is 18.6 Å². The molecule has 4 aliphatic rings. The maximum atomic E-state index is 13.7. The number of para-hydroxylation sites is 1. The quantitative estimate of drug-likeness (QED) is 0.880. The summed E-state index contributed by atoms with van der Waals surface area (Å²) in [6.45, 7) is 0.360. The van der Waals surface area contributed by atoms with Crippen molar-refractivity contribution in [2.75, 3.05) is 24.8 Å². The number of amides is 2. The molecule has 1 N–H and O–H groups in total. The first kappa shape index (κ1) is 15.8. The van der Waals surface area contributed by atoms with Gasteiger partial charge in [-0.05, 0) is 30.5 Å². The van der Waals surface area contributed by atoms with E-state index in [-0.39, 0.29) is 37.8 Å². The van der Waals surface area contributed by atoms with Crippen molar-refractivity contribution in [1.82, 2.24) is 5.32 Å². The van der Waals surface area contributed by atoms with E-state index in [9.17, 15) is 9.59 Å². The van der Waals surface area contributed by atoms with Crippen molar-refractivity contribution in [1.29, 1.82) is 0 Å². The molecule has 142 valence electrons. The fourth-order valence-corrected chi connectivity index (χ4v) is 4.37.